The molecule has 0 saturated heterocycles. The van der Waals surface area contributed by atoms with Crippen LogP contribution in [-0.4, -0.2) is 25.2 Å². The van der Waals surface area contributed by atoms with Gasteiger partial charge in [0.05, 0.1) is 0 Å². The number of nitrogens with two attached hydrogens (primary N) is 1. The van der Waals surface area contributed by atoms with E-state index in [1.807, 2.05) is 32.3 Å². The molecule has 0 radical (unpaired) electrons. The van der Waals surface area contributed by atoms with Gasteiger partial charge in [-0.25, -0.2) is 9.78 Å². The molecular formula is C14H23N5O2. The Kier molecular flexibility index (Phi) is 4.04. The van der Waals surface area contributed by atoms with Crippen molar-refractivity contribution in [2.24, 2.45) is 12.8 Å². The van der Waals surface area contributed by atoms with Gasteiger partial charge in [-0.3, -0.25) is 13.9 Å². The second-order valence-electron chi connectivity index (χ2n) is 5.85. The van der Waals surface area contributed by atoms with E-state index in [-0.39, 0.29) is 23.2 Å². The Morgan fingerprint density at radius 1 is 1.19 bits per heavy atom. The fourth-order valence-corrected chi connectivity index (χ4v) is 2.60. The minimum Gasteiger partial charge on any atom is -0.329 e. The van der Waals surface area contributed by atoms with Crippen molar-refractivity contribution in [3.8, 4) is 0 Å². The predicted octanol–water partition coefficient (Wildman–Crippen LogP) is 0.560. The minimum absolute atomic E-state index is 0.0759. The molecule has 0 aliphatic rings. The monoisotopic (exact) mass is 293 g/mol. The molecule has 0 aromatic carbocycles. The number of nitrogens with zero attached hydrogens (tertiary/aromatic N) is 4. The average molecular weight is 293 g/mol. The fourth-order valence-electron chi connectivity index (χ4n) is 2.60. The van der Waals surface area contributed by atoms with Crippen molar-refractivity contribution in [1.82, 2.24) is 18.7 Å². The maximum atomic E-state index is 12.5. The van der Waals surface area contributed by atoms with Gasteiger partial charge >= 0.3 is 5.69 Å². The summed E-state index contributed by atoms with van der Waals surface area (Å²) in [6.07, 6.45) is 0. The van der Waals surface area contributed by atoms with Crippen molar-refractivity contribution in [3.05, 3.63) is 26.7 Å². The molecule has 0 spiro atoms. The van der Waals surface area contributed by atoms with Crippen LogP contribution in [0.15, 0.2) is 9.59 Å². The summed E-state index contributed by atoms with van der Waals surface area (Å²) in [5.41, 5.74) is 5.92. The molecule has 0 bridgehead atoms. The number of hydrogen-bond acceptors (Lipinski definition) is 4. The van der Waals surface area contributed by atoms with E-state index in [0.29, 0.717) is 24.3 Å². The van der Waals surface area contributed by atoms with Crippen molar-refractivity contribution in [2.45, 2.75) is 46.2 Å². The van der Waals surface area contributed by atoms with Gasteiger partial charge in [-0.15, -0.1) is 0 Å². The third-order valence-corrected chi connectivity index (χ3v) is 3.59. The summed E-state index contributed by atoms with van der Waals surface area (Å²) in [7, 11) is 1.50. The Bertz CT molecular complexity index is 779. The molecule has 7 heteroatoms. The summed E-state index contributed by atoms with van der Waals surface area (Å²) < 4.78 is 4.55. The molecule has 0 aliphatic heterocycles. The molecule has 0 fully saturated rings. The number of hydrogen-bond donors (Lipinski definition) is 1. The fraction of sp³-hybridized carbons (Fsp3) is 0.643. The highest BCUT2D eigenvalue weighted by Crippen LogP contribution is 2.20. The van der Waals surface area contributed by atoms with Crippen LogP contribution < -0.4 is 17.0 Å². The van der Waals surface area contributed by atoms with Gasteiger partial charge in [-0.05, 0) is 13.8 Å². The van der Waals surface area contributed by atoms with E-state index >= 15 is 0 Å². The van der Waals surface area contributed by atoms with E-state index < -0.39 is 0 Å². The molecule has 2 aromatic heterocycles. The molecule has 2 heterocycles. The zero-order valence-electron chi connectivity index (χ0n) is 13.3. The van der Waals surface area contributed by atoms with Crippen molar-refractivity contribution < 1.29 is 0 Å². The van der Waals surface area contributed by atoms with E-state index in [2.05, 4.69) is 4.98 Å². The smallest absolute Gasteiger partial charge is 0.329 e. The number of fused-ring (bicyclic) bond motifs is 1. The molecule has 0 amide bonds. The third kappa shape index (κ3) is 2.31. The van der Waals surface area contributed by atoms with Gasteiger partial charge in [-0.2, -0.15) is 0 Å². The molecule has 0 unspecified atom stereocenters. The van der Waals surface area contributed by atoms with E-state index in [9.17, 15) is 9.59 Å². The molecular weight excluding hydrogens is 270 g/mol. The SMILES string of the molecule is CC(C)c1nc2c(c(=O)n(C)c(=O)n2C(C)C)n1CCN. The average Bonchev–Trinajstić information content (AvgIpc) is 2.76. The molecule has 0 aliphatic carbocycles. The first-order valence-electron chi connectivity index (χ1n) is 7.23. The molecule has 116 valence electrons. The van der Waals surface area contributed by atoms with Crippen LogP contribution in [0.5, 0.6) is 0 Å². The number of rotatable bonds is 4. The van der Waals surface area contributed by atoms with Crippen LogP contribution >= 0.6 is 0 Å². The van der Waals surface area contributed by atoms with Crippen LogP contribution in [0.25, 0.3) is 11.2 Å². The highest BCUT2D eigenvalue weighted by molar-refractivity contribution is 5.71. The van der Waals surface area contributed by atoms with E-state index in [0.717, 1.165) is 10.4 Å². The Morgan fingerprint density at radius 3 is 2.29 bits per heavy atom. The van der Waals surface area contributed by atoms with Crippen molar-refractivity contribution in [1.29, 1.82) is 0 Å². The topological polar surface area (TPSA) is 87.8 Å². The van der Waals surface area contributed by atoms with Crippen LogP contribution in [0.3, 0.4) is 0 Å². The van der Waals surface area contributed by atoms with Crippen LogP contribution in [0.4, 0.5) is 0 Å². The van der Waals surface area contributed by atoms with Crippen LogP contribution in [0.1, 0.15) is 45.5 Å². The largest absolute Gasteiger partial charge is 0.332 e. The zero-order chi connectivity index (χ0) is 15.9. The van der Waals surface area contributed by atoms with Crippen molar-refractivity contribution in [3.63, 3.8) is 0 Å². The highest BCUT2D eigenvalue weighted by atomic mass is 16.2. The lowest BCUT2D eigenvalue weighted by molar-refractivity contribution is 0.551. The Morgan fingerprint density at radius 2 is 1.81 bits per heavy atom. The molecule has 0 saturated carbocycles. The van der Waals surface area contributed by atoms with E-state index in [1.54, 1.807) is 4.57 Å². The van der Waals surface area contributed by atoms with Gasteiger partial charge in [0.1, 0.15) is 5.82 Å². The van der Waals surface area contributed by atoms with Gasteiger partial charge < -0.3 is 10.3 Å². The summed E-state index contributed by atoms with van der Waals surface area (Å²) in [5.74, 6) is 0.928. The van der Waals surface area contributed by atoms with Crippen molar-refractivity contribution >= 4 is 11.2 Å². The van der Waals surface area contributed by atoms with E-state index in [1.165, 1.54) is 7.05 Å². The second kappa shape index (κ2) is 5.48. The minimum atomic E-state index is -0.338. The predicted molar refractivity (Wildman–Crippen MR) is 82.8 cm³/mol. The molecule has 2 rings (SSSR count). The lowest BCUT2D eigenvalue weighted by Crippen LogP contribution is -2.39. The second-order valence-corrected chi connectivity index (χ2v) is 5.85. The molecule has 2 aromatic rings. The van der Waals surface area contributed by atoms with E-state index in [4.69, 9.17) is 5.73 Å². The normalized spacial score (nSPS) is 12.0. The number of imidazole rings is 1. The maximum absolute atomic E-state index is 12.5. The molecule has 2 N–H and O–H groups in total. The summed E-state index contributed by atoms with van der Waals surface area (Å²) in [5, 5.41) is 0. The number of aromatic nitrogens is 4. The molecule has 7 nitrogen and oxygen atoms in total. The van der Waals surface area contributed by atoms with Crippen LogP contribution in [-0.2, 0) is 13.6 Å². The van der Waals surface area contributed by atoms with Gasteiger partial charge in [0.25, 0.3) is 5.56 Å². The standard InChI is InChI=1S/C14H23N5O2/c1-8(2)11-16-12-10(18(11)7-6-15)13(20)17(5)14(21)19(12)9(3)4/h8-9H,6-7,15H2,1-5H3. The van der Waals surface area contributed by atoms with Gasteiger partial charge in [0.2, 0.25) is 0 Å². The first-order chi connectivity index (χ1) is 9.81. The van der Waals surface area contributed by atoms with Gasteiger partial charge in [-0.1, -0.05) is 13.8 Å². The first kappa shape index (κ1) is 15.5. The highest BCUT2D eigenvalue weighted by Gasteiger charge is 2.22. The Balaban J connectivity index is 3.04. The van der Waals surface area contributed by atoms with Crippen LogP contribution in [0, 0.1) is 0 Å². The van der Waals surface area contributed by atoms with Crippen molar-refractivity contribution in [2.75, 3.05) is 6.54 Å². The first-order valence-corrected chi connectivity index (χ1v) is 7.23. The summed E-state index contributed by atoms with van der Waals surface area (Å²) >= 11 is 0. The zero-order valence-corrected chi connectivity index (χ0v) is 13.3. The summed E-state index contributed by atoms with van der Waals surface area (Å²) in [4.78, 5) is 29.4. The Hall–Kier alpha value is -1.89. The molecule has 0 atom stereocenters. The maximum Gasteiger partial charge on any atom is 0.332 e. The molecule has 21 heavy (non-hydrogen) atoms. The summed E-state index contributed by atoms with van der Waals surface area (Å²) in [6.45, 7) is 8.75. The van der Waals surface area contributed by atoms with Gasteiger partial charge in [0.15, 0.2) is 11.2 Å². The van der Waals surface area contributed by atoms with Crippen LogP contribution in [0.2, 0.25) is 0 Å². The lowest BCUT2D eigenvalue weighted by atomic mass is 10.2. The van der Waals surface area contributed by atoms with Gasteiger partial charge in [0, 0.05) is 32.1 Å². The summed E-state index contributed by atoms with van der Waals surface area (Å²) in [6, 6.07) is -0.0759. The lowest BCUT2D eigenvalue weighted by Gasteiger charge is -2.13. The quantitative estimate of drug-likeness (QED) is 0.892. The Labute approximate surface area is 123 Å². The third-order valence-electron chi connectivity index (χ3n) is 3.59.